The van der Waals surface area contributed by atoms with E-state index in [-0.39, 0.29) is 18.9 Å². The molecule has 0 rings (SSSR count). The summed E-state index contributed by atoms with van der Waals surface area (Å²) in [6.45, 7) is 7.10. The monoisotopic (exact) mass is 317 g/mol. The Bertz CT molecular complexity index is 264. The molecule has 0 saturated heterocycles. The van der Waals surface area contributed by atoms with Crippen LogP contribution in [0.2, 0.25) is 0 Å². The summed E-state index contributed by atoms with van der Waals surface area (Å²) < 4.78 is 52.1. The van der Waals surface area contributed by atoms with E-state index in [4.69, 9.17) is 5.11 Å². The van der Waals surface area contributed by atoms with Gasteiger partial charge in [0.25, 0.3) is 6.43 Å². The van der Waals surface area contributed by atoms with Gasteiger partial charge in [0.1, 0.15) is 4.75 Å². The zero-order valence-electron chi connectivity index (χ0n) is 12.5. The quantitative estimate of drug-likeness (QED) is 0.643. The smallest absolute Gasteiger partial charge is 0.269 e. The Kier molecular flexibility index (Phi) is 9.13. The molecular weight excluding hydrogens is 291 g/mol. The second-order valence-electron chi connectivity index (χ2n) is 6.14. The maximum atomic E-state index is 13.2. The summed E-state index contributed by atoms with van der Waals surface area (Å²) >= 11 is -1.44. The van der Waals surface area contributed by atoms with Crippen LogP contribution in [0, 0.1) is 5.92 Å². The van der Waals surface area contributed by atoms with Gasteiger partial charge in [-0.3, -0.25) is 0 Å². The van der Waals surface area contributed by atoms with Crippen molar-refractivity contribution in [3.05, 3.63) is 0 Å². The van der Waals surface area contributed by atoms with Gasteiger partial charge in [-0.1, -0.05) is 6.92 Å². The van der Waals surface area contributed by atoms with Crippen molar-refractivity contribution in [1.29, 1.82) is 0 Å². The van der Waals surface area contributed by atoms with Crippen LogP contribution in [0.5, 0.6) is 0 Å². The van der Waals surface area contributed by atoms with Crippen molar-refractivity contribution >= 4 is 11.4 Å². The average Bonchev–Trinajstić information content (AvgIpc) is 2.27. The molecule has 0 aromatic carbocycles. The summed E-state index contributed by atoms with van der Waals surface area (Å²) in [5.74, 6) is 0.0411. The number of alkyl halides is 3. The van der Waals surface area contributed by atoms with Crippen molar-refractivity contribution in [2.45, 2.75) is 70.3 Å². The van der Waals surface area contributed by atoms with Crippen LogP contribution in [-0.4, -0.2) is 39.7 Å². The highest BCUT2D eigenvalue weighted by atomic mass is 32.2. The van der Waals surface area contributed by atoms with Gasteiger partial charge in [0.05, 0.1) is 6.04 Å². The van der Waals surface area contributed by atoms with Gasteiger partial charge < -0.3 is 9.66 Å². The van der Waals surface area contributed by atoms with E-state index < -0.39 is 34.7 Å². The zero-order chi connectivity index (χ0) is 15.9. The SMILES string of the molecule is CC(CCO)CC(CC(F)C(F)F)N[S+]([O-])C(C)(C)C. The van der Waals surface area contributed by atoms with Crippen molar-refractivity contribution in [3.8, 4) is 0 Å². The molecule has 0 aliphatic heterocycles. The summed E-state index contributed by atoms with van der Waals surface area (Å²) in [7, 11) is 0. The summed E-state index contributed by atoms with van der Waals surface area (Å²) in [6.07, 6.45) is -4.74. The van der Waals surface area contributed by atoms with Gasteiger partial charge in [-0.05, 0) is 39.5 Å². The minimum atomic E-state index is -3.03. The third kappa shape index (κ3) is 8.34. The van der Waals surface area contributed by atoms with Gasteiger partial charge >= 0.3 is 0 Å². The average molecular weight is 317 g/mol. The van der Waals surface area contributed by atoms with Crippen LogP contribution in [-0.2, 0) is 11.4 Å². The van der Waals surface area contributed by atoms with Gasteiger partial charge in [0.15, 0.2) is 6.17 Å². The van der Waals surface area contributed by atoms with Crippen molar-refractivity contribution in [1.82, 2.24) is 4.72 Å². The normalized spacial score (nSPS) is 18.9. The number of aliphatic hydroxyl groups excluding tert-OH is 1. The first-order valence-electron chi connectivity index (χ1n) is 6.79. The molecule has 4 atom stereocenters. The Morgan fingerprint density at radius 2 is 1.75 bits per heavy atom. The number of hydrogen-bond donors (Lipinski definition) is 2. The molecule has 20 heavy (non-hydrogen) atoms. The predicted molar refractivity (Wildman–Crippen MR) is 75.8 cm³/mol. The maximum Gasteiger partial charge on any atom is 0.269 e. The van der Waals surface area contributed by atoms with Gasteiger partial charge in [0, 0.05) is 24.4 Å². The van der Waals surface area contributed by atoms with E-state index in [2.05, 4.69) is 4.72 Å². The number of nitrogens with one attached hydrogen (secondary N) is 1. The molecule has 0 heterocycles. The Balaban J connectivity index is 4.61. The first kappa shape index (κ1) is 20.0. The van der Waals surface area contributed by atoms with E-state index in [0.717, 1.165) is 0 Å². The highest BCUT2D eigenvalue weighted by Crippen LogP contribution is 2.22. The Morgan fingerprint density at radius 1 is 1.20 bits per heavy atom. The fraction of sp³-hybridized carbons (Fsp3) is 1.00. The minimum Gasteiger partial charge on any atom is -0.598 e. The Hall–Kier alpha value is 0.0200. The first-order chi connectivity index (χ1) is 9.07. The van der Waals surface area contributed by atoms with Crippen molar-refractivity contribution in [3.63, 3.8) is 0 Å². The lowest BCUT2D eigenvalue weighted by Gasteiger charge is -2.29. The summed E-state index contributed by atoms with van der Waals surface area (Å²) in [6, 6.07) is -0.597. The predicted octanol–water partition coefficient (Wildman–Crippen LogP) is 2.81. The molecule has 0 bridgehead atoms. The van der Waals surface area contributed by atoms with Gasteiger partial charge in [-0.25, -0.2) is 13.2 Å². The van der Waals surface area contributed by atoms with E-state index in [1.54, 1.807) is 20.8 Å². The molecule has 0 fully saturated rings. The second-order valence-corrected chi connectivity index (χ2v) is 8.13. The highest BCUT2D eigenvalue weighted by molar-refractivity contribution is 7.90. The molecule has 7 heteroatoms. The van der Waals surface area contributed by atoms with Gasteiger partial charge in [0.2, 0.25) is 0 Å². The lowest BCUT2D eigenvalue weighted by molar-refractivity contribution is 0.0392. The van der Waals surface area contributed by atoms with Crippen LogP contribution >= 0.6 is 0 Å². The molecule has 122 valence electrons. The third-order valence-corrected chi connectivity index (χ3v) is 4.58. The summed E-state index contributed by atoms with van der Waals surface area (Å²) in [5, 5.41) is 8.86. The lowest BCUT2D eigenvalue weighted by Crippen LogP contribution is -2.46. The lowest BCUT2D eigenvalue weighted by atomic mass is 9.96. The first-order valence-corrected chi connectivity index (χ1v) is 7.94. The molecule has 0 amide bonds. The molecule has 0 spiro atoms. The van der Waals surface area contributed by atoms with Crippen LogP contribution in [0.4, 0.5) is 13.2 Å². The molecule has 0 aliphatic carbocycles. The van der Waals surface area contributed by atoms with Crippen molar-refractivity contribution in [2.24, 2.45) is 5.92 Å². The Morgan fingerprint density at radius 3 is 2.15 bits per heavy atom. The molecule has 2 N–H and O–H groups in total. The fourth-order valence-corrected chi connectivity index (χ4v) is 2.57. The summed E-state index contributed by atoms with van der Waals surface area (Å²) in [4.78, 5) is 0. The number of halogens is 3. The molecule has 4 unspecified atom stereocenters. The van der Waals surface area contributed by atoms with E-state index in [1.807, 2.05) is 6.92 Å². The molecule has 0 aromatic rings. The molecule has 3 nitrogen and oxygen atoms in total. The molecule has 0 saturated carbocycles. The minimum absolute atomic E-state index is 0.00977. The van der Waals surface area contributed by atoms with Gasteiger partial charge in [-0.2, -0.15) is 0 Å². The molecule has 0 radical (unpaired) electrons. The number of hydrogen-bond acceptors (Lipinski definition) is 3. The van der Waals surface area contributed by atoms with Crippen LogP contribution < -0.4 is 4.72 Å². The third-order valence-electron chi connectivity index (χ3n) is 2.92. The van der Waals surface area contributed by atoms with Crippen molar-refractivity contribution in [2.75, 3.05) is 6.61 Å². The van der Waals surface area contributed by atoms with Crippen molar-refractivity contribution < 1.29 is 22.8 Å². The number of aliphatic hydroxyl groups is 1. The zero-order valence-corrected chi connectivity index (χ0v) is 13.4. The van der Waals surface area contributed by atoms with Crippen LogP contribution in [0.3, 0.4) is 0 Å². The van der Waals surface area contributed by atoms with E-state index in [1.165, 1.54) is 0 Å². The highest BCUT2D eigenvalue weighted by Gasteiger charge is 2.32. The fourth-order valence-electron chi connectivity index (χ4n) is 1.72. The van der Waals surface area contributed by atoms with Gasteiger partial charge in [-0.15, -0.1) is 4.72 Å². The second kappa shape index (κ2) is 9.12. The van der Waals surface area contributed by atoms with E-state index in [9.17, 15) is 17.7 Å². The summed E-state index contributed by atoms with van der Waals surface area (Å²) in [5.41, 5.74) is 0. The molecule has 0 aliphatic rings. The standard InChI is InChI=1S/C13H26F3NO2S/c1-9(5-6-18)7-10(8-11(14)12(15)16)17-20(19)13(2,3)4/h9-12,17-18H,5-8H2,1-4H3. The number of rotatable bonds is 9. The topological polar surface area (TPSA) is 55.3 Å². The maximum absolute atomic E-state index is 13.2. The molecule has 0 aromatic heterocycles. The van der Waals surface area contributed by atoms with E-state index in [0.29, 0.717) is 12.8 Å². The van der Waals surface area contributed by atoms with E-state index >= 15 is 0 Å². The Labute approximate surface area is 122 Å². The van der Waals surface area contributed by atoms with Crippen LogP contribution in [0.25, 0.3) is 0 Å². The van der Waals surface area contributed by atoms with Crippen LogP contribution in [0.15, 0.2) is 0 Å². The van der Waals surface area contributed by atoms with Crippen LogP contribution in [0.1, 0.15) is 47.0 Å². The molecular formula is C13H26F3NO2S. The largest absolute Gasteiger partial charge is 0.598 e.